The number of aryl methyl sites for hydroxylation is 1. The molecule has 0 saturated heterocycles. The molecule has 0 amide bonds. The van der Waals surface area contributed by atoms with Gasteiger partial charge in [-0.1, -0.05) is 0 Å². The van der Waals surface area contributed by atoms with E-state index < -0.39 is 16.8 Å². The highest BCUT2D eigenvalue weighted by molar-refractivity contribution is 7.12. The molecule has 0 fully saturated rings. The van der Waals surface area contributed by atoms with Crippen LogP contribution in [0.25, 0.3) is 21.3 Å². The van der Waals surface area contributed by atoms with Gasteiger partial charge in [0.05, 0.1) is 5.39 Å². The average Bonchev–Trinajstić information content (AvgIpc) is 2.83. The average molecular weight is 323 g/mol. The van der Waals surface area contributed by atoms with Gasteiger partial charge < -0.3 is 9.99 Å². The van der Waals surface area contributed by atoms with E-state index in [1.807, 2.05) is 6.92 Å². The highest BCUT2D eigenvalue weighted by Crippen LogP contribution is 2.22. The van der Waals surface area contributed by atoms with Crippen molar-refractivity contribution in [3.63, 3.8) is 0 Å². The highest BCUT2D eigenvalue weighted by Gasteiger charge is 2.18. The molecule has 0 bridgehead atoms. The van der Waals surface area contributed by atoms with Crippen LogP contribution in [-0.2, 0) is 6.54 Å². The van der Waals surface area contributed by atoms with Crippen LogP contribution in [0.3, 0.4) is 0 Å². The van der Waals surface area contributed by atoms with Crippen molar-refractivity contribution in [2.24, 2.45) is 0 Å². The summed E-state index contributed by atoms with van der Waals surface area (Å²) in [5.74, 6) is -0.617. The van der Waals surface area contributed by atoms with Crippen molar-refractivity contribution in [2.75, 3.05) is 19.5 Å². The van der Waals surface area contributed by atoms with Crippen LogP contribution in [0.1, 0.15) is 6.92 Å². The molecule has 0 aliphatic rings. The number of anilines is 1. The predicted octanol–water partition coefficient (Wildman–Crippen LogP) is 1.35. The first-order valence-electron chi connectivity index (χ1n) is 6.62. The molecule has 0 aliphatic heterocycles. The Morgan fingerprint density at radius 3 is 2.82 bits per heavy atom. The number of nitrogens with zero attached hydrogens (tertiary/aromatic N) is 3. The normalized spacial score (nSPS) is 11.7. The maximum atomic E-state index is 14.1. The number of H-pyrrole nitrogens is 1. The van der Waals surface area contributed by atoms with E-state index in [1.165, 1.54) is 0 Å². The monoisotopic (exact) mass is 323 g/mol. The summed E-state index contributed by atoms with van der Waals surface area (Å²) in [7, 11) is 3.42. The molecule has 0 radical (unpaired) electrons. The minimum atomic E-state index is -0.646. The summed E-state index contributed by atoms with van der Waals surface area (Å²) in [5, 5.41) is 1.70. The van der Waals surface area contributed by atoms with Gasteiger partial charge in [0.15, 0.2) is 11.6 Å². The summed E-state index contributed by atoms with van der Waals surface area (Å²) in [6.07, 6.45) is 0. The number of halogens is 1. The van der Waals surface area contributed by atoms with Crippen molar-refractivity contribution in [3.05, 3.63) is 32.5 Å². The van der Waals surface area contributed by atoms with Gasteiger partial charge in [-0.25, -0.2) is 14.4 Å². The molecular formula is C13H14FN5O2S. The Bertz CT molecular complexity index is 988. The zero-order valence-electron chi connectivity index (χ0n) is 12.2. The van der Waals surface area contributed by atoms with Gasteiger partial charge in [-0.2, -0.15) is 0 Å². The Labute approximate surface area is 128 Å². The molecule has 3 heterocycles. The molecule has 0 spiro atoms. The van der Waals surface area contributed by atoms with E-state index in [2.05, 4.69) is 14.8 Å². The quantitative estimate of drug-likeness (QED) is 0.711. The molecule has 3 aromatic heterocycles. The second kappa shape index (κ2) is 5.18. The van der Waals surface area contributed by atoms with Crippen molar-refractivity contribution in [1.29, 1.82) is 0 Å². The van der Waals surface area contributed by atoms with E-state index in [0.29, 0.717) is 17.0 Å². The molecule has 0 unspecified atom stereocenters. The predicted molar refractivity (Wildman–Crippen MR) is 84.9 cm³/mol. The number of hydrazine groups is 1. The molecule has 116 valence electrons. The molecule has 0 aromatic carbocycles. The second-order valence-corrected chi connectivity index (χ2v) is 5.78. The maximum absolute atomic E-state index is 14.1. The number of aromatic amines is 1. The van der Waals surface area contributed by atoms with Gasteiger partial charge in [-0.15, -0.1) is 0 Å². The van der Waals surface area contributed by atoms with Gasteiger partial charge in [0.2, 0.25) is 5.43 Å². The number of hydrogen-bond acceptors (Lipinski definition) is 6. The molecular weight excluding hydrogens is 309 g/mol. The zero-order valence-corrected chi connectivity index (χ0v) is 13.0. The fourth-order valence-electron chi connectivity index (χ4n) is 2.35. The van der Waals surface area contributed by atoms with Crippen molar-refractivity contribution in [2.45, 2.75) is 13.5 Å². The molecule has 22 heavy (non-hydrogen) atoms. The van der Waals surface area contributed by atoms with Crippen LogP contribution < -0.4 is 16.4 Å². The molecule has 3 aromatic rings. The summed E-state index contributed by atoms with van der Waals surface area (Å²) in [5.41, 5.74) is 2.15. The summed E-state index contributed by atoms with van der Waals surface area (Å²) in [4.78, 5) is 29.0. The number of nitrogens with one attached hydrogen (secondary N) is 2. The minimum absolute atomic E-state index is 0.0290. The van der Waals surface area contributed by atoms with E-state index in [4.69, 9.17) is 0 Å². The van der Waals surface area contributed by atoms with Crippen LogP contribution in [0.5, 0.6) is 0 Å². The smallest absolute Gasteiger partial charge is 0.271 e. The standard InChI is InChI=1S/C13H14FN5O2S/c1-4-19-11-6(5-7(14)10(15-11)16-18(2)3)9(20)8-12(21)17-22-13(8)19/h5H,4H2,1-3H3,(H,15,16)(H,17,21). The molecule has 0 aliphatic carbocycles. The Morgan fingerprint density at radius 2 is 2.18 bits per heavy atom. The lowest BCUT2D eigenvalue weighted by Gasteiger charge is -2.15. The van der Waals surface area contributed by atoms with Crippen LogP contribution >= 0.6 is 11.5 Å². The summed E-state index contributed by atoms with van der Waals surface area (Å²) < 4.78 is 18.4. The largest absolute Gasteiger partial charge is 0.316 e. The highest BCUT2D eigenvalue weighted by atomic mass is 32.1. The lowest BCUT2D eigenvalue weighted by atomic mass is 10.2. The molecule has 7 nitrogen and oxygen atoms in total. The van der Waals surface area contributed by atoms with Gasteiger partial charge in [0.1, 0.15) is 15.9 Å². The van der Waals surface area contributed by atoms with E-state index >= 15 is 0 Å². The summed E-state index contributed by atoms with van der Waals surface area (Å²) in [6.45, 7) is 2.37. The fraction of sp³-hybridized carbons (Fsp3) is 0.308. The number of aromatic nitrogens is 3. The van der Waals surface area contributed by atoms with E-state index in [1.54, 1.807) is 23.7 Å². The number of pyridine rings is 2. The van der Waals surface area contributed by atoms with E-state index in [9.17, 15) is 14.0 Å². The van der Waals surface area contributed by atoms with Crippen LogP contribution in [-0.4, -0.2) is 33.0 Å². The molecule has 0 atom stereocenters. The van der Waals surface area contributed by atoms with Gasteiger partial charge >= 0.3 is 0 Å². The Kier molecular flexibility index (Phi) is 3.45. The SMILES string of the molecule is CCn1c2nc(NN(C)C)c(F)cc2c(=O)c2c(=O)[nH]sc21. The zero-order chi connectivity index (χ0) is 16.0. The fourth-order valence-corrected chi connectivity index (χ4v) is 3.26. The summed E-state index contributed by atoms with van der Waals surface area (Å²) in [6, 6.07) is 1.12. The maximum Gasteiger partial charge on any atom is 0.271 e. The van der Waals surface area contributed by atoms with Crippen molar-refractivity contribution in [1.82, 2.24) is 18.9 Å². The molecule has 2 N–H and O–H groups in total. The lowest BCUT2D eigenvalue weighted by molar-refractivity contribution is 0.483. The summed E-state index contributed by atoms with van der Waals surface area (Å²) >= 11 is 1.08. The first kappa shape index (κ1) is 14.7. The first-order valence-corrected chi connectivity index (χ1v) is 7.44. The van der Waals surface area contributed by atoms with Crippen LogP contribution in [0.4, 0.5) is 10.2 Å². The molecule has 9 heteroatoms. The Morgan fingerprint density at radius 1 is 1.45 bits per heavy atom. The number of rotatable bonds is 3. The second-order valence-electron chi connectivity index (χ2n) is 4.98. The van der Waals surface area contributed by atoms with Crippen molar-refractivity contribution in [3.8, 4) is 0 Å². The third-order valence-corrected chi connectivity index (χ3v) is 4.16. The molecule has 0 saturated carbocycles. The van der Waals surface area contributed by atoms with Crippen molar-refractivity contribution < 1.29 is 4.39 Å². The number of hydrogen-bond donors (Lipinski definition) is 2. The van der Waals surface area contributed by atoms with E-state index in [-0.39, 0.29) is 16.6 Å². The third kappa shape index (κ3) is 2.09. The lowest BCUT2D eigenvalue weighted by Crippen LogP contribution is -2.22. The van der Waals surface area contributed by atoms with Gasteiger partial charge in [0, 0.05) is 20.6 Å². The van der Waals surface area contributed by atoms with Gasteiger partial charge in [-0.05, 0) is 24.5 Å². The van der Waals surface area contributed by atoms with Gasteiger partial charge in [-0.3, -0.25) is 14.0 Å². The molecule has 3 rings (SSSR count). The Balaban J connectivity index is 2.49. The number of fused-ring (bicyclic) bond motifs is 2. The van der Waals surface area contributed by atoms with Crippen LogP contribution in [0.15, 0.2) is 15.7 Å². The van der Waals surface area contributed by atoms with E-state index in [0.717, 1.165) is 17.6 Å². The topological polar surface area (TPSA) is 83.0 Å². The first-order chi connectivity index (χ1) is 10.4. The third-order valence-electron chi connectivity index (χ3n) is 3.26. The Hall–Kier alpha value is -2.26. The van der Waals surface area contributed by atoms with Crippen LogP contribution in [0.2, 0.25) is 0 Å². The van der Waals surface area contributed by atoms with Crippen molar-refractivity contribution >= 4 is 38.6 Å². The van der Waals surface area contributed by atoms with Gasteiger partial charge in [0.25, 0.3) is 5.56 Å². The minimum Gasteiger partial charge on any atom is -0.316 e. The van der Waals surface area contributed by atoms with Crippen LogP contribution in [0, 0.1) is 5.82 Å².